The molecule has 0 radical (unpaired) electrons. The lowest BCUT2D eigenvalue weighted by Gasteiger charge is -2.32. The summed E-state index contributed by atoms with van der Waals surface area (Å²) in [5.74, 6) is -1.06. The maximum Gasteiger partial charge on any atom is 0.408 e. The molecule has 0 aliphatic heterocycles. The first kappa shape index (κ1) is 29.2. The molecule has 0 bridgehead atoms. The van der Waals surface area contributed by atoms with Crippen molar-refractivity contribution in [2.75, 3.05) is 0 Å². The molecule has 37 heavy (non-hydrogen) atoms. The average molecular weight is 504 g/mol. The fraction of sp³-hybridized carbons (Fsp3) is 0.367. The molecule has 0 aromatic heterocycles. The van der Waals surface area contributed by atoms with Crippen LogP contribution in [0.2, 0.25) is 0 Å². The van der Waals surface area contributed by atoms with Gasteiger partial charge in [-0.2, -0.15) is 0 Å². The van der Waals surface area contributed by atoms with Crippen molar-refractivity contribution < 1.29 is 19.1 Å². The Hall–Kier alpha value is -4.05. The summed E-state index contributed by atoms with van der Waals surface area (Å²) < 4.78 is 5.40. The summed E-state index contributed by atoms with van der Waals surface area (Å²) in [5.41, 5.74) is 0.742. The van der Waals surface area contributed by atoms with Gasteiger partial charge in [0, 0.05) is 18.0 Å². The number of nitrogens with one attached hydrogen (secondary N) is 2. The first-order chi connectivity index (χ1) is 17.2. The molecular weight excluding hydrogens is 466 g/mol. The van der Waals surface area contributed by atoms with Crippen LogP contribution < -0.4 is 10.6 Å². The largest absolute Gasteiger partial charge is 0.444 e. The molecular formula is C30H37N3O4. The number of hydrogen-bond donors (Lipinski definition) is 2. The number of benzene rings is 2. The molecule has 0 fully saturated rings. The number of rotatable bonds is 8. The predicted octanol–water partition coefficient (Wildman–Crippen LogP) is 4.84. The Morgan fingerprint density at radius 2 is 1.70 bits per heavy atom. The maximum absolute atomic E-state index is 13.9. The molecule has 196 valence electrons. The molecule has 7 heteroatoms. The van der Waals surface area contributed by atoms with Crippen LogP contribution >= 0.6 is 0 Å². The minimum absolute atomic E-state index is 0.150. The van der Waals surface area contributed by atoms with Gasteiger partial charge in [0.05, 0.1) is 0 Å². The Balaban J connectivity index is 2.53. The highest BCUT2D eigenvalue weighted by atomic mass is 16.6. The molecule has 0 aliphatic carbocycles. The molecule has 2 unspecified atom stereocenters. The monoisotopic (exact) mass is 503 g/mol. The summed E-state index contributed by atoms with van der Waals surface area (Å²) in [6, 6.07) is 16.5. The number of alkyl carbamates (subject to hydrolysis) is 1. The Morgan fingerprint density at radius 1 is 1.05 bits per heavy atom. The number of carbonyl (C=O) groups is 3. The van der Waals surface area contributed by atoms with Crippen molar-refractivity contribution in [1.82, 2.24) is 15.5 Å². The van der Waals surface area contributed by atoms with E-state index in [9.17, 15) is 14.4 Å². The molecule has 0 heterocycles. The normalized spacial score (nSPS) is 12.9. The molecule has 2 aromatic carbocycles. The second kappa shape index (κ2) is 12.3. The van der Waals surface area contributed by atoms with Gasteiger partial charge >= 0.3 is 6.09 Å². The van der Waals surface area contributed by atoms with Crippen molar-refractivity contribution in [2.24, 2.45) is 0 Å². The van der Waals surface area contributed by atoms with Crippen LogP contribution in [-0.2, 0) is 20.7 Å². The zero-order valence-electron chi connectivity index (χ0n) is 22.5. The minimum atomic E-state index is -1.14. The third kappa shape index (κ3) is 9.16. The van der Waals surface area contributed by atoms with Gasteiger partial charge in [0.15, 0.2) is 0 Å². The van der Waals surface area contributed by atoms with Crippen molar-refractivity contribution >= 4 is 24.0 Å². The lowest BCUT2D eigenvalue weighted by Crippen LogP contribution is -2.53. The quantitative estimate of drug-likeness (QED) is 0.399. The molecule has 7 nitrogen and oxygen atoms in total. The van der Waals surface area contributed by atoms with E-state index in [0.717, 1.165) is 16.0 Å². The summed E-state index contributed by atoms with van der Waals surface area (Å²) in [6.45, 7) is 14.5. The van der Waals surface area contributed by atoms with Gasteiger partial charge in [-0.1, -0.05) is 67.6 Å². The Kier molecular flexibility index (Phi) is 9.67. The van der Waals surface area contributed by atoms with Crippen molar-refractivity contribution in [2.45, 2.75) is 71.2 Å². The molecule has 3 amide bonds. The van der Waals surface area contributed by atoms with Gasteiger partial charge in [-0.3, -0.25) is 14.5 Å². The predicted molar refractivity (Wildman–Crippen MR) is 146 cm³/mol. The van der Waals surface area contributed by atoms with Gasteiger partial charge in [0.2, 0.25) is 5.91 Å². The lowest BCUT2D eigenvalue weighted by molar-refractivity contribution is -0.139. The number of hydrogen-bond acceptors (Lipinski definition) is 4. The zero-order valence-corrected chi connectivity index (χ0v) is 22.5. The van der Waals surface area contributed by atoms with Crippen LogP contribution in [0, 0.1) is 12.5 Å². The highest BCUT2D eigenvalue weighted by molar-refractivity contribution is 5.93. The van der Waals surface area contributed by atoms with Crippen LogP contribution in [0.15, 0.2) is 61.2 Å². The fourth-order valence-electron chi connectivity index (χ4n) is 3.64. The summed E-state index contributed by atoms with van der Waals surface area (Å²) >= 11 is 0. The maximum atomic E-state index is 13.9. The molecule has 0 saturated heterocycles. The molecule has 2 aromatic rings. The van der Waals surface area contributed by atoms with Gasteiger partial charge in [0.1, 0.15) is 17.7 Å². The topological polar surface area (TPSA) is 87.7 Å². The van der Waals surface area contributed by atoms with E-state index in [1.165, 1.54) is 0 Å². The van der Waals surface area contributed by atoms with Crippen molar-refractivity contribution in [3.8, 4) is 12.5 Å². The number of amides is 3. The van der Waals surface area contributed by atoms with E-state index in [0.29, 0.717) is 5.56 Å². The van der Waals surface area contributed by atoms with E-state index in [-0.39, 0.29) is 6.42 Å². The second-order valence-corrected chi connectivity index (χ2v) is 10.7. The molecule has 2 atom stereocenters. The van der Waals surface area contributed by atoms with E-state index in [2.05, 4.69) is 23.3 Å². The summed E-state index contributed by atoms with van der Waals surface area (Å²) in [6.07, 6.45) is 6.89. The van der Waals surface area contributed by atoms with Gasteiger partial charge in [-0.05, 0) is 64.3 Å². The Labute approximate surface area is 220 Å². The van der Waals surface area contributed by atoms with Gasteiger partial charge in [-0.25, -0.2) is 4.79 Å². The highest BCUT2D eigenvalue weighted by Crippen LogP contribution is 2.25. The highest BCUT2D eigenvalue weighted by Gasteiger charge is 2.37. The minimum Gasteiger partial charge on any atom is -0.444 e. The van der Waals surface area contributed by atoms with Crippen LogP contribution in [-0.4, -0.2) is 40.0 Å². The smallest absolute Gasteiger partial charge is 0.408 e. The second-order valence-electron chi connectivity index (χ2n) is 10.7. The van der Waals surface area contributed by atoms with Crippen molar-refractivity contribution in [3.05, 3.63) is 77.9 Å². The van der Waals surface area contributed by atoms with Crippen LogP contribution in [0.3, 0.4) is 0 Å². The van der Waals surface area contributed by atoms with Crippen LogP contribution in [0.4, 0.5) is 4.79 Å². The van der Waals surface area contributed by atoms with Crippen molar-refractivity contribution in [1.29, 1.82) is 0 Å². The third-order valence-electron chi connectivity index (χ3n) is 5.12. The molecule has 0 spiro atoms. The first-order valence-electron chi connectivity index (χ1n) is 12.1. The van der Waals surface area contributed by atoms with Crippen LogP contribution in [0.25, 0.3) is 6.08 Å². The number of terminal acetylenes is 1. The zero-order chi connectivity index (χ0) is 27.8. The van der Waals surface area contributed by atoms with E-state index >= 15 is 0 Å². The molecule has 2 N–H and O–H groups in total. The number of nitrogens with zero attached hydrogens (tertiary/aromatic N) is 1. The van der Waals surface area contributed by atoms with Crippen molar-refractivity contribution in [3.63, 3.8) is 0 Å². The number of carbonyl (C=O) groups excluding carboxylic acids is 3. The Bertz CT molecular complexity index is 1150. The molecule has 2 rings (SSSR count). The Morgan fingerprint density at radius 3 is 2.24 bits per heavy atom. The van der Waals surface area contributed by atoms with Gasteiger partial charge in [-0.15, -0.1) is 0 Å². The van der Waals surface area contributed by atoms with Gasteiger partial charge < -0.3 is 15.4 Å². The summed E-state index contributed by atoms with van der Waals surface area (Å²) in [4.78, 5) is 41.2. The standard InChI is InChI=1S/C30H37N3O4/c1-9-21-17-14-18-23(19-21)25(26(34)32-29(3,4)5)33(10-2)27(35)24(20-22-15-12-11-13-16-22)31-28(36)37-30(6,7)8/h2,9,11-19,24-25H,1,20H2,3-8H3,(H,31,36)(H,32,34). The van der Waals surface area contributed by atoms with E-state index < -0.39 is 41.1 Å². The summed E-state index contributed by atoms with van der Waals surface area (Å²) in [7, 11) is 0. The third-order valence-corrected chi connectivity index (χ3v) is 5.12. The summed E-state index contributed by atoms with van der Waals surface area (Å²) in [5, 5.41) is 5.58. The van der Waals surface area contributed by atoms with Crippen LogP contribution in [0.1, 0.15) is 64.3 Å². The molecule has 0 saturated carbocycles. The lowest BCUT2D eigenvalue weighted by atomic mass is 9.98. The van der Waals surface area contributed by atoms with E-state index in [1.54, 1.807) is 45.0 Å². The van der Waals surface area contributed by atoms with Crippen LogP contribution in [0.5, 0.6) is 0 Å². The van der Waals surface area contributed by atoms with E-state index in [1.807, 2.05) is 57.2 Å². The average Bonchev–Trinajstić information content (AvgIpc) is 2.79. The molecule has 0 aliphatic rings. The first-order valence-corrected chi connectivity index (χ1v) is 12.1. The fourth-order valence-corrected chi connectivity index (χ4v) is 3.64. The number of ether oxygens (including phenoxy) is 1. The van der Waals surface area contributed by atoms with Gasteiger partial charge in [0.25, 0.3) is 5.91 Å². The van der Waals surface area contributed by atoms with E-state index in [4.69, 9.17) is 11.2 Å². The SMILES string of the molecule is C#CN(C(=O)C(Cc1ccccc1)NC(=O)OC(C)(C)C)C(C(=O)NC(C)(C)C)c1cccc(C=C)c1.